The summed E-state index contributed by atoms with van der Waals surface area (Å²) in [6.45, 7) is 4.01. The molecular weight excluding hydrogens is 408 g/mol. The predicted molar refractivity (Wildman–Crippen MR) is 122 cm³/mol. The van der Waals surface area contributed by atoms with Crippen molar-refractivity contribution in [2.75, 3.05) is 18.0 Å². The number of benzene rings is 2. The van der Waals surface area contributed by atoms with Gasteiger partial charge in [-0.2, -0.15) is 0 Å². The summed E-state index contributed by atoms with van der Waals surface area (Å²) in [6, 6.07) is 21.2. The number of hydrogen-bond acceptors (Lipinski definition) is 5. The van der Waals surface area contributed by atoms with Crippen LogP contribution in [0.15, 0.2) is 71.6 Å². The SMILES string of the molecule is Cc1ccccc1S(=O)C1CCN(c2ccc(C(=O)NCc3ccccc3)nn2)CC1. The van der Waals surface area contributed by atoms with E-state index in [2.05, 4.69) is 20.4 Å². The van der Waals surface area contributed by atoms with Crippen molar-refractivity contribution in [3.05, 3.63) is 83.6 Å². The first-order valence-corrected chi connectivity index (χ1v) is 11.7. The van der Waals surface area contributed by atoms with Gasteiger partial charge in [0, 0.05) is 29.8 Å². The molecule has 2 aromatic carbocycles. The standard InChI is InChI=1S/C24H26N4O2S/c1-18-7-5-6-10-22(18)31(30)20-13-15-28(16-14-20)23-12-11-21(26-27-23)24(29)25-17-19-8-3-2-4-9-19/h2-12,20H,13-17H2,1H3,(H,25,29). The van der Waals surface area contributed by atoms with Gasteiger partial charge in [0.1, 0.15) is 0 Å². The molecule has 0 radical (unpaired) electrons. The van der Waals surface area contributed by atoms with Crippen molar-refractivity contribution in [2.45, 2.75) is 36.5 Å². The maximum atomic E-state index is 13.0. The van der Waals surface area contributed by atoms with Crippen LogP contribution in [0.4, 0.5) is 5.82 Å². The summed E-state index contributed by atoms with van der Waals surface area (Å²) in [6.07, 6.45) is 1.67. The molecule has 0 saturated carbocycles. The van der Waals surface area contributed by atoms with Crippen LogP contribution in [0.3, 0.4) is 0 Å². The highest BCUT2D eigenvalue weighted by atomic mass is 32.2. The number of anilines is 1. The summed E-state index contributed by atoms with van der Waals surface area (Å²) in [5, 5.41) is 11.4. The molecule has 4 rings (SSSR count). The Labute approximate surface area is 185 Å². The van der Waals surface area contributed by atoms with Gasteiger partial charge in [-0.1, -0.05) is 48.5 Å². The average Bonchev–Trinajstić information content (AvgIpc) is 2.83. The van der Waals surface area contributed by atoms with E-state index < -0.39 is 10.8 Å². The van der Waals surface area contributed by atoms with Gasteiger partial charge in [0.05, 0.1) is 10.8 Å². The molecule has 1 atom stereocenters. The Balaban J connectivity index is 1.31. The van der Waals surface area contributed by atoms with Gasteiger partial charge in [0.25, 0.3) is 5.91 Å². The molecule has 1 aliphatic heterocycles. The molecular formula is C24H26N4O2S. The molecule has 1 aliphatic rings. The summed E-state index contributed by atoms with van der Waals surface area (Å²) in [5.74, 6) is 0.509. The zero-order chi connectivity index (χ0) is 21.6. The third-order valence-electron chi connectivity index (χ3n) is 5.56. The number of nitrogens with zero attached hydrogens (tertiary/aromatic N) is 3. The fourth-order valence-electron chi connectivity index (χ4n) is 3.74. The fourth-order valence-corrected chi connectivity index (χ4v) is 5.34. The molecule has 0 spiro atoms. The van der Waals surface area contributed by atoms with Gasteiger partial charge in [0.2, 0.25) is 0 Å². The molecule has 1 N–H and O–H groups in total. The highest BCUT2D eigenvalue weighted by molar-refractivity contribution is 7.85. The Bertz CT molecular complexity index is 1050. The van der Waals surface area contributed by atoms with E-state index in [4.69, 9.17) is 0 Å². The number of aromatic nitrogens is 2. The minimum absolute atomic E-state index is 0.147. The lowest BCUT2D eigenvalue weighted by molar-refractivity contribution is 0.0945. The molecule has 2 heterocycles. The van der Waals surface area contributed by atoms with Crippen molar-refractivity contribution in [3.8, 4) is 0 Å². The second kappa shape index (κ2) is 9.83. The Morgan fingerprint density at radius 1 is 1.00 bits per heavy atom. The third kappa shape index (κ3) is 5.17. The highest BCUT2D eigenvalue weighted by Gasteiger charge is 2.26. The number of amides is 1. The van der Waals surface area contributed by atoms with Crippen molar-refractivity contribution in [2.24, 2.45) is 0 Å². The molecule has 0 aliphatic carbocycles. The minimum atomic E-state index is -0.997. The maximum absolute atomic E-state index is 13.0. The van der Waals surface area contributed by atoms with Crippen LogP contribution in [-0.2, 0) is 17.3 Å². The second-order valence-corrected chi connectivity index (χ2v) is 9.40. The van der Waals surface area contributed by atoms with E-state index in [0.717, 1.165) is 47.8 Å². The second-order valence-electron chi connectivity index (χ2n) is 7.69. The first-order valence-electron chi connectivity index (χ1n) is 10.5. The van der Waals surface area contributed by atoms with Gasteiger partial charge >= 0.3 is 0 Å². The summed E-state index contributed by atoms with van der Waals surface area (Å²) >= 11 is 0. The van der Waals surface area contributed by atoms with Gasteiger partial charge in [-0.25, -0.2) is 0 Å². The van der Waals surface area contributed by atoms with Gasteiger partial charge < -0.3 is 10.2 Å². The molecule has 0 bridgehead atoms. The Morgan fingerprint density at radius 3 is 2.39 bits per heavy atom. The summed E-state index contributed by atoms with van der Waals surface area (Å²) in [7, 11) is -0.997. The van der Waals surface area contributed by atoms with Crippen LogP contribution in [0.2, 0.25) is 0 Å². The van der Waals surface area contributed by atoms with E-state index in [9.17, 15) is 9.00 Å². The average molecular weight is 435 g/mol. The Hall–Kier alpha value is -3.06. The molecule has 160 valence electrons. The molecule has 1 aromatic heterocycles. The number of hydrogen-bond donors (Lipinski definition) is 1. The number of rotatable bonds is 6. The number of piperidine rings is 1. The van der Waals surface area contributed by atoms with E-state index >= 15 is 0 Å². The lowest BCUT2D eigenvalue weighted by Gasteiger charge is -2.32. The van der Waals surface area contributed by atoms with Gasteiger partial charge in [-0.3, -0.25) is 9.00 Å². The van der Waals surface area contributed by atoms with Crippen LogP contribution in [0.25, 0.3) is 0 Å². The lowest BCUT2D eigenvalue weighted by Crippen LogP contribution is -2.38. The van der Waals surface area contributed by atoms with Crippen molar-refractivity contribution in [3.63, 3.8) is 0 Å². The van der Waals surface area contributed by atoms with E-state index in [1.54, 1.807) is 6.07 Å². The van der Waals surface area contributed by atoms with Gasteiger partial charge in [0.15, 0.2) is 11.5 Å². The molecule has 1 fully saturated rings. The van der Waals surface area contributed by atoms with Crippen LogP contribution >= 0.6 is 0 Å². The smallest absolute Gasteiger partial charge is 0.272 e. The topological polar surface area (TPSA) is 75.2 Å². The number of nitrogens with one attached hydrogen (secondary N) is 1. The first-order chi connectivity index (χ1) is 15.1. The largest absolute Gasteiger partial charge is 0.355 e. The van der Waals surface area contributed by atoms with Crippen LogP contribution in [0.5, 0.6) is 0 Å². The maximum Gasteiger partial charge on any atom is 0.272 e. The molecule has 31 heavy (non-hydrogen) atoms. The molecule has 7 heteroatoms. The molecule has 1 amide bonds. The van der Waals surface area contributed by atoms with Crippen LogP contribution in [0, 0.1) is 6.92 Å². The highest BCUT2D eigenvalue weighted by Crippen LogP contribution is 2.25. The van der Waals surface area contributed by atoms with Gasteiger partial charge in [-0.15, -0.1) is 10.2 Å². The van der Waals surface area contributed by atoms with Crippen molar-refractivity contribution >= 4 is 22.5 Å². The van der Waals surface area contributed by atoms with Crippen molar-refractivity contribution in [1.29, 1.82) is 0 Å². The summed E-state index contributed by atoms with van der Waals surface area (Å²) < 4.78 is 13.0. The Kier molecular flexibility index (Phi) is 6.72. The van der Waals surface area contributed by atoms with E-state index in [0.29, 0.717) is 12.2 Å². The van der Waals surface area contributed by atoms with E-state index in [1.807, 2.05) is 67.6 Å². The van der Waals surface area contributed by atoms with E-state index in [-0.39, 0.29) is 11.2 Å². The fraction of sp³-hybridized carbons (Fsp3) is 0.292. The van der Waals surface area contributed by atoms with Crippen LogP contribution < -0.4 is 10.2 Å². The predicted octanol–water partition coefficient (Wildman–Crippen LogP) is 3.49. The van der Waals surface area contributed by atoms with Gasteiger partial charge in [-0.05, 0) is 49.1 Å². The lowest BCUT2D eigenvalue weighted by atomic mass is 10.1. The van der Waals surface area contributed by atoms with Crippen LogP contribution in [0.1, 0.15) is 34.5 Å². The monoisotopic (exact) mass is 434 g/mol. The number of aryl methyl sites for hydroxylation is 1. The zero-order valence-corrected chi connectivity index (χ0v) is 18.3. The molecule has 1 saturated heterocycles. The number of carbonyl (C=O) groups excluding carboxylic acids is 1. The van der Waals surface area contributed by atoms with Crippen LogP contribution in [-0.4, -0.2) is 38.7 Å². The summed E-state index contributed by atoms with van der Waals surface area (Å²) in [5.41, 5.74) is 2.41. The van der Waals surface area contributed by atoms with Crippen molar-refractivity contribution < 1.29 is 9.00 Å². The summed E-state index contributed by atoms with van der Waals surface area (Å²) in [4.78, 5) is 15.4. The third-order valence-corrected chi connectivity index (χ3v) is 7.53. The first kappa shape index (κ1) is 21.2. The quantitative estimate of drug-likeness (QED) is 0.643. The molecule has 1 unspecified atom stereocenters. The van der Waals surface area contributed by atoms with E-state index in [1.165, 1.54) is 0 Å². The minimum Gasteiger partial charge on any atom is -0.355 e. The zero-order valence-electron chi connectivity index (χ0n) is 17.5. The van der Waals surface area contributed by atoms with Crippen molar-refractivity contribution in [1.82, 2.24) is 15.5 Å². The normalized spacial score (nSPS) is 15.5. The Morgan fingerprint density at radius 2 is 1.71 bits per heavy atom. The number of carbonyl (C=O) groups is 1. The molecule has 3 aromatic rings. The molecule has 6 nitrogen and oxygen atoms in total.